The van der Waals surface area contributed by atoms with Gasteiger partial charge in [-0.1, -0.05) is 0 Å². The summed E-state index contributed by atoms with van der Waals surface area (Å²) in [6, 6.07) is 1.94. The fraction of sp³-hybridized carbons (Fsp3) is 0.667. The molecule has 4 aliphatic carbocycles. The molecular formula is C24H30N4O3S. The van der Waals surface area contributed by atoms with Gasteiger partial charge < -0.3 is 14.2 Å². The molecule has 2 aromatic rings. The van der Waals surface area contributed by atoms with E-state index in [2.05, 4.69) is 15.1 Å². The number of amides is 2. The molecule has 0 unspecified atom stereocenters. The van der Waals surface area contributed by atoms with Crippen molar-refractivity contribution >= 4 is 23.2 Å². The highest BCUT2D eigenvalue weighted by Gasteiger charge is 2.55. The van der Waals surface area contributed by atoms with E-state index in [-0.39, 0.29) is 11.3 Å². The number of hydrogen-bond donors (Lipinski definition) is 0. The van der Waals surface area contributed by atoms with Crippen molar-refractivity contribution < 1.29 is 14.0 Å². The molecule has 1 saturated heterocycles. The lowest BCUT2D eigenvalue weighted by molar-refractivity contribution is -0.160. The van der Waals surface area contributed by atoms with Crippen LogP contribution in [0.15, 0.2) is 21.2 Å². The van der Waals surface area contributed by atoms with E-state index in [0.29, 0.717) is 56.7 Å². The second kappa shape index (κ2) is 7.97. The molecule has 8 heteroatoms. The zero-order valence-corrected chi connectivity index (χ0v) is 19.2. The van der Waals surface area contributed by atoms with Crippen molar-refractivity contribution in [1.29, 1.82) is 0 Å². The molecule has 0 spiro atoms. The highest BCUT2D eigenvalue weighted by atomic mass is 32.1. The number of rotatable bonds is 5. The van der Waals surface area contributed by atoms with Crippen LogP contribution < -0.4 is 0 Å². The van der Waals surface area contributed by atoms with E-state index in [1.54, 1.807) is 11.3 Å². The molecule has 2 amide bonds. The Kier molecular flexibility index (Phi) is 5.08. The third kappa shape index (κ3) is 3.66. The van der Waals surface area contributed by atoms with Crippen LogP contribution in [0, 0.1) is 23.2 Å². The lowest BCUT2D eigenvalue weighted by atomic mass is 9.49. The molecule has 1 aliphatic heterocycles. The van der Waals surface area contributed by atoms with Gasteiger partial charge in [0.15, 0.2) is 0 Å². The highest BCUT2D eigenvalue weighted by Crippen LogP contribution is 2.60. The molecule has 0 N–H and O–H groups in total. The summed E-state index contributed by atoms with van der Waals surface area (Å²) in [6.07, 6.45) is 8.17. The van der Waals surface area contributed by atoms with Gasteiger partial charge in [-0.25, -0.2) is 0 Å². The molecule has 0 radical (unpaired) electrons. The minimum atomic E-state index is -0.0843. The fourth-order valence-corrected chi connectivity index (χ4v) is 7.73. The van der Waals surface area contributed by atoms with Gasteiger partial charge in [-0.2, -0.15) is 11.3 Å². The largest absolute Gasteiger partial charge is 0.421 e. The van der Waals surface area contributed by atoms with Gasteiger partial charge in [-0.05, 0) is 67.7 Å². The van der Waals surface area contributed by atoms with Crippen LogP contribution >= 0.6 is 11.3 Å². The van der Waals surface area contributed by atoms with Gasteiger partial charge in [0.2, 0.25) is 23.6 Å². The lowest BCUT2D eigenvalue weighted by Crippen LogP contribution is -2.58. The van der Waals surface area contributed by atoms with Gasteiger partial charge in [-0.3, -0.25) is 9.59 Å². The molecule has 5 fully saturated rings. The average molecular weight is 455 g/mol. The SMILES string of the molecule is O=C(CCc1nnc(-c2ccsc2)o1)N1CCN(C(=O)C23CC4CC(CC(C4)C2)C3)CC1. The maximum absolute atomic E-state index is 13.5. The number of thiophene rings is 1. The summed E-state index contributed by atoms with van der Waals surface area (Å²) >= 11 is 1.58. The molecule has 170 valence electrons. The zero-order chi connectivity index (χ0) is 21.7. The number of piperazine rings is 1. The second-order valence-corrected chi connectivity index (χ2v) is 11.2. The first-order valence-electron chi connectivity index (χ1n) is 12.0. The number of carbonyl (C=O) groups is 2. The molecule has 2 aromatic heterocycles. The van der Waals surface area contributed by atoms with Crippen LogP contribution in [0.25, 0.3) is 11.5 Å². The molecule has 0 atom stereocenters. The van der Waals surface area contributed by atoms with Crippen molar-refractivity contribution in [2.24, 2.45) is 23.2 Å². The Bertz CT molecular complexity index is 958. The number of aromatic nitrogens is 2. The van der Waals surface area contributed by atoms with Gasteiger partial charge in [0, 0.05) is 50.0 Å². The second-order valence-electron chi connectivity index (χ2n) is 10.4. The number of carbonyl (C=O) groups excluding carboxylic acids is 2. The molecule has 0 aromatic carbocycles. The Morgan fingerprint density at radius 1 is 1.00 bits per heavy atom. The van der Waals surface area contributed by atoms with E-state index in [1.807, 2.05) is 21.7 Å². The smallest absolute Gasteiger partial charge is 0.248 e. The summed E-state index contributed by atoms with van der Waals surface area (Å²) in [4.78, 5) is 30.2. The zero-order valence-electron chi connectivity index (χ0n) is 18.4. The van der Waals surface area contributed by atoms with E-state index in [1.165, 1.54) is 19.3 Å². The summed E-state index contributed by atoms with van der Waals surface area (Å²) in [7, 11) is 0. The molecule has 3 heterocycles. The maximum atomic E-state index is 13.5. The molecule has 4 saturated carbocycles. The number of aryl methyl sites for hydroxylation is 1. The van der Waals surface area contributed by atoms with E-state index >= 15 is 0 Å². The first kappa shape index (κ1) is 20.4. The maximum Gasteiger partial charge on any atom is 0.248 e. The predicted octanol–water partition coefficient (Wildman–Crippen LogP) is 3.62. The van der Waals surface area contributed by atoms with E-state index in [4.69, 9.17) is 4.42 Å². The van der Waals surface area contributed by atoms with Crippen LogP contribution in [0.3, 0.4) is 0 Å². The number of hydrogen-bond acceptors (Lipinski definition) is 6. The Hall–Kier alpha value is -2.22. The predicted molar refractivity (Wildman–Crippen MR) is 120 cm³/mol. The van der Waals surface area contributed by atoms with E-state index < -0.39 is 0 Å². The van der Waals surface area contributed by atoms with Crippen LogP contribution in [0.4, 0.5) is 0 Å². The Morgan fingerprint density at radius 3 is 2.28 bits per heavy atom. The van der Waals surface area contributed by atoms with Crippen LogP contribution in [-0.2, 0) is 16.0 Å². The van der Waals surface area contributed by atoms with E-state index in [9.17, 15) is 9.59 Å². The quantitative estimate of drug-likeness (QED) is 0.689. The third-order valence-electron chi connectivity index (χ3n) is 8.20. The summed E-state index contributed by atoms with van der Waals surface area (Å²) in [5.74, 6) is 3.81. The van der Waals surface area contributed by atoms with Crippen molar-refractivity contribution in [3.05, 3.63) is 22.7 Å². The van der Waals surface area contributed by atoms with Gasteiger partial charge in [0.25, 0.3) is 0 Å². The summed E-state index contributed by atoms with van der Waals surface area (Å²) in [6.45, 7) is 2.58. The molecule has 7 rings (SSSR count). The van der Waals surface area contributed by atoms with Crippen molar-refractivity contribution in [2.45, 2.75) is 51.4 Å². The van der Waals surface area contributed by atoms with Crippen LogP contribution in [0.2, 0.25) is 0 Å². The molecule has 5 aliphatic rings. The monoisotopic (exact) mass is 454 g/mol. The van der Waals surface area contributed by atoms with Gasteiger partial charge in [0.1, 0.15) is 0 Å². The summed E-state index contributed by atoms with van der Waals surface area (Å²) in [5, 5.41) is 12.1. The summed E-state index contributed by atoms with van der Waals surface area (Å²) < 4.78 is 5.69. The van der Waals surface area contributed by atoms with Crippen molar-refractivity contribution in [2.75, 3.05) is 26.2 Å². The first-order chi connectivity index (χ1) is 15.6. The topological polar surface area (TPSA) is 79.5 Å². The molecule has 4 bridgehead atoms. The Morgan fingerprint density at radius 2 is 1.66 bits per heavy atom. The molecule has 32 heavy (non-hydrogen) atoms. The fourth-order valence-electron chi connectivity index (χ4n) is 7.10. The van der Waals surface area contributed by atoms with Crippen molar-refractivity contribution in [3.63, 3.8) is 0 Å². The molecule has 7 nitrogen and oxygen atoms in total. The van der Waals surface area contributed by atoms with Crippen LogP contribution in [0.5, 0.6) is 0 Å². The van der Waals surface area contributed by atoms with Gasteiger partial charge >= 0.3 is 0 Å². The Balaban J connectivity index is 1.01. The Labute approximate surface area is 192 Å². The minimum Gasteiger partial charge on any atom is -0.421 e. The standard InChI is InChI=1S/C24H30N4O3S/c29-21(2-1-20-25-26-22(31-20)19-3-8-32-15-19)27-4-6-28(7-5-27)23(30)24-12-16-9-17(13-24)11-18(10-16)14-24/h3,8,15-18H,1-2,4-7,9-14H2. The lowest BCUT2D eigenvalue weighted by Gasteiger charge is -2.57. The van der Waals surface area contributed by atoms with Gasteiger partial charge in [-0.15, -0.1) is 10.2 Å². The summed E-state index contributed by atoms with van der Waals surface area (Å²) in [5.41, 5.74) is 0.832. The van der Waals surface area contributed by atoms with Crippen LogP contribution in [0.1, 0.15) is 50.8 Å². The first-order valence-corrected chi connectivity index (χ1v) is 12.9. The van der Waals surface area contributed by atoms with Crippen molar-refractivity contribution in [3.8, 4) is 11.5 Å². The third-order valence-corrected chi connectivity index (χ3v) is 8.88. The van der Waals surface area contributed by atoms with Crippen molar-refractivity contribution in [1.82, 2.24) is 20.0 Å². The minimum absolute atomic E-state index is 0.0843. The normalized spacial score (nSPS) is 31.3. The number of nitrogens with zero attached hydrogens (tertiary/aromatic N) is 4. The van der Waals surface area contributed by atoms with Crippen LogP contribution in [-0.4, -0.2) is 58.0 Å². The highest BCUT2D eigenvalue weighted by molar-refractivity contribution is 7.08. The van der Waals surface area contributed by atoms with E-state index in [0.717, 1.165) is 42.6 Å². The van der Waals surface area contributed by atoms with Gasteiger partial charge in [0.05, 0.1) is 5.41 Å². The molecular weight excluding hydrogens is 424 g/mol. The average Bonchev–Trinajstić information content (AvgIpc) is 3.48.